The molecule has 1 saturated heterocycles. The number of nitrogens with zero attached hydrogens (tertiary/aromatic N) is 2. The molecule has 104 valence electrons. The highest BCUT2D eigenvalue weighted by molar-refractivity contribution is 6.29. The van der Waals surface area contributed by atoms with E-state index < -0.39 is 0 Å². The van der Waals surface area contributed by atoms with E-state index in [1.54, 1.807) is 22.7 Å². The van der Waals surface area contributed by atoms with Gasteiger partial charge in [0.1, 0.15) is 10.8 Å². The summed E-state index contributed by atoms with van der Waals surface area (Å²) in [4.78, 5) is 16.5. The number of hydrogen-bond acceptors (Lipinski definition) is 3. The first-order chi connectivity index (χ1) is 9.69. The molecule has 1 aliphatic carbocycles. The molecule has 3 heterocycles. The topological polar surface area (TPSA) is 58.4 Å². The predicted molar refractivity (Wildman–Crippen MR) is 76.0 cm³/mol. The van der Waals surface area contributed by atoms with Crippen molar-refractivity contribution >= 4 is 23.2 Å². The Morgan fingerprint density at radius 3 is 3.15 bits per heavy atom. The average Bonchev–Trinajstić information content (AvgIpc) is 3.10. The normalized spacial score (nSPS) is 28.1. The zero-order chi connectivity index (χ0) is 13.7. The molecule has 4 rings (SSSR count). The van der Waals surface area contributed by atoms with Crippen molar-refractivity contribution < 1.29 is 4.79 Å². The molecule has 5 nitrogen and oxygen atoms in total. The Kier molecular flexibility index (Phi) is 2.72. The summed E-state index contributed by atoms with van der Waals surface area (Å²) in [5.41, 5.74) is 1.32. The van der Waals surface area contributed by atoms with Crippen molar-refractivity contribution in [1.29, 1.82) is 0 Å². The maximum atomic E-state index is 12.3. The fourth-order valence-electron chi connectivity index (χ4n) is 3.36. The second-order valence-corrected chi connectivity index (χ2v) is 6.06. The number of carbonyl (C=O) groups excluding carboxylic acids is 1. The summed E-state index contributed by atoms with van der Waals surface area (Å²) in [6.07, 6.45) is 5.79. The Hall–Kier alpha value is -1.59. The van der Waals surface area contributed by atoms with Gasteiger partial charge in [-0.1, -0.05) is 11.6 Å². The van der Waals surface area contributed by atoms with Crippen molar-refractivity contribution in [2.45, 2.75) is 24.9 Å². The number of carbonyl (C=O) groups is 1. The summed E-state index contributed by atoms with van der Waals surface area (Å²) in [7, 11) is 0. The number of imidazole rings is 1. The number of fused-ring (bicyclic) bond motifs is 3. The van der Waals surface area contributed by atoms with E-state index in [1.807, 2.05) is 6.20 Å². The van der Waals surface area contributed by atoms with Gasteiger partial charge in [0, 0.05) is 30.0 Å². The summed E-state index contributed by atoms with van der Waals surface area (Å²) in [6.45, 7) is 1.09. The lowest BCUT2D eigenvalue weighted by Crippen LogP contribution is -2.47. The third kappa shape index (κ3) is 1.98. The Balaban J connectivity index is 1.54. The van der Waals surface area contributed by atoms with Crippen LogP contribution in [-0.2, 0) is 0 Å². The summed E-state index contributed by atoms with van der Waals surface area (Å²) in [5.74, 6) is 0.685. The summed E-state index contributed by atoms with van der Waals surface area (Å²) >= 11 is 5.85. The molecule has 20 heavy (non-hydrogen) atoms. The third-order valence-corrected chi connectivity index (χ3v) is 4.52. The van der Waals surface area contributed by atoms with Gasteiger partial charge in [0.05, 0.1) is 0 Å². The van der Waals surface area contributed by atoms with E-state index in [0.717, 1.165) is 18.9 Å². The number of hydrogen-bond donors (Lipinski definition) is 2. The van der Waals surface area contributed by atoms with Gasteiger partial charge in [0.25, 0.3) is 5.91 Å². The number of amides is 1. The number of nitrogens with one attached hydrogen (secondary N) is 2. The minimum atomic E-state index is -0.0361. The first kappa shape index (κ1) is 12.2. The van der Waals surface area contributed by atoms with E-state index in [1.165, 1.54) is 6.42 Å². The molecule has 3 atom stereocenters. The second-order valence-electron chi connectivity index (χ2n) is 5.68. The monoisotopic (exact) mass is 290 g/mol. The minimum absolute atomic E-state index is 0.0361. The van der Waals surface area contributed by atoms with Crippen LogP contribution >= 0.6 is 11.6 Å². The molecular weight excluding hydrogens is 276 g/mol. The lowest BCUT2D eigenvalue weighted by molar-refractivity contribution is 0.0928. The van der Waals surface area contributed by atoms with Crippen LogP contribution in [0.15, 0.2) is 24.5 Å². The van der Waals surface area contributed by atoms with Gasteiger partial charge in [0.15, 0.2) is 0 Å². The summed E-state index contributed by atoms with van der Waals surface area (Å²) < 4.78 is 1.80. The summed E-state index contributed by atoms with van der Waals surface area (Å²) in [6, 6.07) is 4.25. The fourth-order valence-corrected chi connectivity index (χ4v) is 3.55. The molecule has 1 aliphatic heterocycles. The van der Waals surface area contributed by atoms with Crippen LogP contribution < -0.4 is 10.6 Å². The van der Waals surface area contributed by atoms with Crippen molar-refractivity contribution in [2.24, 2.45) is 5.92 Å². The van der Waals surface area contributed by atoms with Crippen molar-refractivity contribution in [2.75, 3.05) is 6.54 Å². The standard InChI is InChI=1S/C14H15ClN4O/c15-12-7-19-2-1-9(5-13(19)18-12)14(20)17-11-4-8-3-10(11)16-6-8/h1-2,5,7-8,10-11,16H,3-4,6H2,(H,17,20). The molecule has 2 aromatic rings. The highest BCUT2D eigenvalue weighted by Gasteiger charge is 2.40. The van der Waals surface area contributed by atoms with Crippen LogP contribution in [-0.4, -0.2) is 33.9 Å². The number of halogens is 1. The molecule has 0 spiro atoms. The molecule has 3 unspecified atom stereocenters. The Labute approximate surface area is 121 Å². The first-order valence-electron chi connectivity index (χ1n) is 6.87. The van der Waals surface area contributed by atoms with Gasteiger partial charge in [-0.05, 0) is 37.4 Å². The van der Waals surface area contributed by atoms with E-state index in [4.69, 9.17) is 11.6 Å². The molecule has 1 amide bonds. The van der Waals surface area contributed by atoms with E-state index in [2.05, 4.69) is 15.6 Å². The van der Waals surface area contributed by atoms with Crippen molar-refractivity contribution in [1.82, 2.24) is 20.0 Å². The van der Waals surface area contributed by atoms with Gasteiger partial charge in [-0.3, -0.25) is 4.79 Å². The van der Waals surface area contributed by atoms with Gasteiger partial charge in [-0.2, -0.15) is 0 Å². The van der Waals surface area contributed by atoms with E-state index in [-0.39, 0.29) is 11.9 Å². The predicted octanol–water partition coefficient (Wildman–Crippen LogP) is 1.47. The van der Waals surface area contributed by atoms with Gasteiger partial charge in [-0.25, -0.2) is 4.98 Å². The van der Waals surface area contributed by atoms with Crippen LogP contribution in [0.4, 0.5) is 0 Å². The number of aromatic nitrogens is 2. The minimum Gasteiger partial charge on any atom is -0.348 e. The van der Waals surface area contributed by atoms with Gasteiger partial charge in [-0.15, -0.1) is 0 Å². The zero-order valence-corrected chi connectivity index (χ0v) is 11.6. The maximum Gasteiger partial charge on any atom is 0.251 e. The Morgan fingerprint density at radius 2 is 2.40 bits per heavy atom. The van der Waals surface area contributed by atoms with Crippen molar-refractivity contribution in [3.63, 3.8) is 0 Å². The quantitative estimate of drug-likeness (QED) is 0.880. The molecule has 0 radical (unpaired) electrons. The smallest absolute Gasteiger partial charge is 0.251 e. The molecule has 2 fully saturated rings. The van der Waals surface area contributed by atoms with Crippen LogP contribution in [0.3, 0.4) is 0 Å². The van der Waals surface area contributed by atoms with Crippen molar-refractivity contribution in [3.8, 4) is 0 Å². The van der Waals surface area contributed by atoms with Crippen LogP contribution in [0, 0.1) is 5.92 Å². The van der Waals surface area contributed by atoms with Crippen LogP contribution in [0.5, 0.6) is 0 Å². The molecule has 0 aromatic carbocycles. The van der Waals surface area contributed by atoms with E-state index >= 15 is 0 Å². The Morgan fingerprint density at radius 1 is 1.50 bits per heavy atom. The van der Waals surface area contributed by atoms with E-state index in [0.29, 0.717) is 22.4 Å². The lowest BCUT2D eigenvalue weighted by atomic mass is 10.1. The zero-order valence-electron chi connectivity index (χ0n) is 10.8. The van der Waals surface area contributed by atoms with Crippen LogP contribution in [0.2, 0.25) is 5.15 Å². The highest BCUT2D eigenvalue weighted by Crippen LogP contribution is 2.31. The highest BCUT2D eigenvalue weighted by atomic mass is 35.5. The molecule has 2 bridgehead atoms. The second kappa shape index (κ2) is 4.46. The van der Waals surface area contributed by atoms with E-state index in [9.17, 15) is 4.79 Å². The third-order valence-electron chi connectivity index (χ3n) is 4.34. The van der Waals surface area contributed by atoms with Crippen LogP contribution in [0.1, 0.15) is 23.2 Å². The SMILES string of the molecule is O=C(NC1CC2CNC1C2)c1ccn2cc(Cl)nc2c1. The molecular formula is C14H15ClN4O. The average molecular weight is 291 g/mol. The first-order valence-corrected chi connectivity index (χ1v) is 7.25. The van der Waals surface area contributed by atoms with Crippen molar-refractivity contribution in [3.05, 3.63) is 35.2 Å². The molecule has 1 saturated carbocycles. The maximum absolute atomic E-state index is 12.3. The Bertz CT molecular complexity index is 683. The lowest BCUT2D eigenvalue weighted by Gasteiger charge is -2.23. The van der Waals surface area contributed by atoms with Gasteiger partial charge >= 0.3 is 0 Å². The number of rotatable bonds is 2. The number of piperidine rings is 1. The molecule has 6 heteroatoms. The summed E-state index contributed by atoms with van der Waals surface area (Å²) in [5, 5.41) is 7.00. The fraction of sp³-hybridized carbons (Fsp3) is 0.429. The van der Waals surface area contributed by atoms with Gasteiger partial charge in [0.2, 0.25) is 0 Å². The van der Waals surface area contributed by atoms with Crippen LogP contribution in [0.25, 0.3) is 5.65 Å². The molecule has 2 aliphatic rings. The van der Waals surface area contributed by atoms with Gasteiger partial charge < -0.3 is 15.0 Å². The number of pyridine rings is 1. The largest absolute Gasteiger partial charge is 0.348 e. The molecule has 2 N–H and O–H groups in total. The molecule has 2 aromatic heterocycles.